The molecule has 0 aliphatic rings. The van der Waals surface area contributed by atoms with Gasteiger partial charge in [-0.25, -0.2) is 0 Å². The molecule has 0 radical (unpaired) electrons. The fraction of sp³-hybridized carbons (Fsp3) is 0.231. The smallest absolute Gasteiger partial charge is 0.387 e. The number of anilines is 1. The summed E-state index contributed by atoms with van der Waals surface area (Å²) in [4.78, 5) is 0. The van der Waals surface area contributed by atoms with Gasteiger partial charge in [-0.05, 0) is 23.8 Å². The number of ether oxygens (including phenoxy) is 1. The van der Waals surface area contributed by atoms with E-state index in [1.54, 1.807) is 18.2 Å². The fourth-order valence-corrected chi connectivity index (χ4v) is 1.65. The van der Waals surface area contributed by atoms with Gasteiger partial charge in [-0.3, -0.25) is 0 Å². The molecule has 0 atom stereocenters. The van der Waals surface area contributed by atoms with Gasteiger partial charge in [0.25, 0.3) is 0 Å². The van der Waals surface area contributed by atoms with Gasteiger partial charge < -0.3 is 14.6 Å². The van der Waals surface area contributed by atoms with Crippen molar-refractivity contribution < 1.29 is 13.5 Å². The van der Waals surface area contributed by atoms with Gasteiger partial charge in [0.1, 0.15) is 5.75 Å². The number of benzene rings is 1. The molecule has 1 heterocycles. The van der Waals surface area contributed by atoms with E-state index < -0.39 is 6.61 Å². The van der Waals surface area contributed by atoms with Crippen molar-refractivity contribution in [2.45, 2.75) is 13.2 Å². The number of nitrogens with one attached hydrogen (secondary N) is 1. The molecule has 2 aromatic rings. The van der Waals surface area contributed by atoms with Crippen LogP contribution in [0.2, 0.25) is 0 Å². The van der Waals surface area contributed by atoms with Crippen LogP contribution in [0.15, 0.2) is 42.7 Å². The summed E-state index contributed by atoms with van der Waals surface area (Å²) in [5.74, 6) is 0.156. The molecule has 0 unspecified atom stereocenters. The molecule has 18 heavy (non-hydrogen) atoms. The lowest BCUT2D eigenvalue weighted by Crippen LogP contribution is -2.03. The third-order valence-corrected chi connectivity index (χ3v) is 2.45. The predicted molar refractivity (Wildman–Crippen MR) is 65.8 cm³/mol. The number of hydrogen-bond donors (Lipinski definition) is 1. The van der Waals surface area contributed by atoms with Gasteiger partial charge in [0.05, 0.1) is 0 Å². The van der Waals surface area contributed by atoms with Crippen LogP contribution in [-0.4, -0.2) is 11.2 Å². The van der Waals surface area contributed by atoms with Gasteiger partial charge in [0, 0.05) is 37.7 Å². The topological polar surface area (TPSA) is 26.2 Å². The normalized spacial score (nSPS) is 10.7. The maximum Gasteiger partial charge on any atom is 0.387 e. The zero-order valence-electron chi connectivity index (χ0n) is 9.94. The molecule has 0 amide bonds. The van der Waals surface area contributed by atoms with Crippen molar-refractivity contribution in [3.05, 3.63) is 48.3 Å². The van der Waals surface area contributed by atoms with E-state index in [2.05, 4.69) is 10.1 Å². The number of aryl methyl sites for hydroxylation is 1. The zero-order chi connectivity index (χ0) is 13.0. The Morgan fingerprint density at radius 3 is 2.83 bits per heavy atom. The number of rotatable bonds is 5. The summed E-state index contributed by atoms with van der Waals surface area (Å²) in [7, 11) is 1.95. The molecule has 2 rings (SSSR count). The standard InChI is InChI=1S/C13H14F2N2O/c1-17-6-5-10(9-17)8-16-11-3-2-4-12(7-11)18-13(14)15/h2-7,9,13,16H,8H2,1H3. The van der Waals surface area contributed by atoms with Crippen molar-refractivity contribution in [3.63, 3.8) is 0 Å². The van der Waals surface area contributed by atoms with Crippen molar-refractivity contribution in [1.29, 1.82) is 0 Å². The largest absolute Gasteiger partial charge is 0.435 e. The monoisotopic (exact) mass is 252 g/mol. The third-order valence-electron chi connectivity index (χ3n) is 2.45. The Morgan fingerprint density at radius 1 is 1.33 bits per heavy atom. The Hall–Kier alpha value is -2.04. The molecule has 1 N–H and O–H groups in total. The molecule has 0 fully saturated rings. The molecule has 0 saturated heterocycles. The number of hydrogen-bond acceptors (Lipinski definition) is 2. The third kappa shape index (κ3) is 3.48. The summed E-state index contributed by atoms with van der Waals surface area (Å²) < 4.78 is 30.4. The highest BCUT2D eigenvalue weighted by atomic mass is 19.3. The van der Waals surface area contributed by atoms with E-state index in [1.807, 2.05) is 30.1 Å². The SMILES string of the molecule is Cn1ccc(CNc2cccc(OC(F)F)c2)c1. The first-order valence-electron chi connectivity index (χ1n) is 5.53. The highest BCUT2D eigenvalue weighted by Gasteiger charge is 2.04. The quantitative estimate of drug-likeness (QED) is 0.884. The second kappa shape index (κ2) is 5.53. The molecule has 0 aliphatic heterocycles. The first-order valence-corrected chi connectivity index (χ1v) is 5.53. The van der Waals surface area contributed by atoms with E-state index in [0.717, 1.165) is 11.3 Å². The number of halogens is 2. The molecular weight excluding hydrogens is 238 g/mol. The first kappa shape index (κ1) is 12.4. The molecule has 0 bridgehead atoms. The Labute approximate surface area is 104 Å². The summed E-state index contributed by atoms with van der Waals surface area (Å²) in [6, 6.07) is 8.52. The average molecular weight is 252 g/mol. The van der Waals surface area contributed by atoms with Crippen LogP contribution in [0.5, 0.6) is 5.75 Å². The van der Waals surface area contributed by atoms with Crippen molar-refractivity contribution in [1.82, 2.24) is 4.57 Å². The molecule has 1 aromatic heterocycles. The summed E-state index contributed by atoms with van der Waals surface area (Å²) in [6.07, 6.45) is 3.94. The fourth-order valence-electron chi connectivity index (χ4n) is 1.65. The van der Waals surface area contributed by atoms with Gasteiger partial charge in [0.2, 0.25) is 0 Å². The predicted octanol–water partition coefficient (Wildman–Crippen LogP) is 3.24. The first-order chi connectivity index (χ1) is 8.63. The van der Waals surface area contributed by atoms with E-state index in [0.29, 0.717) is 6.54 Å². The highest BCUT2D eigenvalue weighted by Crippen LogP contribution is 2.19. The Kier molecular flexibility index (Phi) is 3.82. The summed E-state index contributed by atoms with van der Waals surface area (Å²) in [6.45, 7) is -2.16. The van der Waals surface area contributed by atoms with E-state index in [9.17, 15) is 8.78 Å². The summed E-state index contributed by atoms with van der Waals surface area (Å²) in [5.41, 5.74) is 1.87. The maximum absolute atomic E-state index is 12.1. The second-order valence-electron chi connectivity index (χ2n) is 3.95. The second-order valence-corrected chi connectivity index (χ2v) is 3.95. The van der Waals surface area contributed by atoms with Gasteiger partial charge in [-0.1, -0.05) is 6.07 Å². The molecule has 0 spiro atoms. The lowest BCUT2D eigenvalue weighted by molar-refractivity contribution is -0.0498. The van der Waals surface area contributed by atoms with Gasteiger partial charge >= 0.3 is 6.61 Å². The van der Waals surface area contributed by atoms with Crippen molar-refractivity contribution in [2.75, 3.05) is 5.32 Å². The summed E-state index contributed by atoms with van der Waals surface area (Å²) >= 11 is 0. The Morgan fingerprint density at radius 2 is 2.17 bits per heavy atom. The lowest BCUT2D eigenvalue weighted by Gasteiger charge is -2.08. The van der Waals surface area contributed by atoms with E-state index in [-0.39, 0.29) is 5.75 Å². The molecule has 3 nitrogen and oxygen atoms in total. The minimum Gasteiger partial charge on any atom is -0.435 e. The van der Waals surface area contributed by atoms with E-state index >= 15 is 0 Å². The molecule has 0 saturated carbocycles. The van der Waals surface area contributed by atoms with Crippen molar-refractivity contribution in [3.8, 4) is 5.75 Å². The van der Waals surface area contributed by atoms with Crippen LogP contribution >= 0.6 is 0 Å². The minimum absolute atomic E-state index is 0.156. The number of alkyl halides is 2. The summed E-state index contributed by atoms with van der Waals surface area (Å²) in [5, 5.41) is 3.15. The molecule has 5 heteroatoms. The lowest BCUT2D eigenvalue weighted by atomic mass is 10.3. The van der Waals surface area contributed by atoms with E-state index in [1.165, 1.54) is 6.07 Å². The zero-order valence-corrected chi connectivity index (χ0v) is 9.94. The van der Waals surface area contributed by atoms with Crippen LogP contribution in [0.1, 0.15) is 5.56 Å². The number of nitrogens with zero attached hydrogens (tertiary/aromatic N) is 1. The highest BCUT2D eigenvalue weighted by molar-refractivity contribution is 5.48. The van der Waals surface area contributed by atoms with Crippen molar-refractivity contribution in [2.24, 2.45) is 7.05 Å². The van der Waals surface area contributed by atoms with Gasteiger partial charge in [-0.2, -0.15) is 8.78 Å². The average Bonchev–Trinajstić information content (AvgIpc) is 2.72. The van der Waals surface area contributed by atoms with E-state index in [4.69, 9.17) is 0 Å². The van der Waals surface area contributed by atoms with Crippen LogP contribution in [0.4, 0.5) is 14.5 Å². The van der Waals surface area contributed by atoms with Crippen LogP contribution < -0.4 is 10.1 Å². The number of aromatic nitrogens is 1. The van der Waals surface area contributed by atoms with Crippen LogP contribution in [0, 0.1) is 0 Å². The Balaban J connectivity index is 1.96. The molecule has 0 aliphatic carbocycles. The van der Waals surface area contributed by atoms with Crippen LogP contribution in [0.25, 0.3) is 0 Å². The van der Waals surface area contributed by atoms with Crippen LogP contribution in [-0.2, 0) is 13.6 Å². The van der Waals surface area contributed by atoms with Crippen molar-refractivity contribution >= 4 is 5.69 Å². The molecule has 1 aromatic carbocycles. The van der Waals surface area contributed by atoms with Gasteiger partial charge in [-0.15, -0.1) is 0 Å². The molecule has 96 valence electrons. The molecular formula is C13H14F2N2O. The Bertz CT molecular complexity index is 511. The van der Waals surface area contributed by atoms with Crippen LogP contribution in [0.3, 0.4) is 0 Å². The van der Waals surface area contributed by atoms with Gasteiger partial charge in [0.15, 0.2) is 0 Å². The minimum atomic E-state index is -2.80. The maximum atomic E-state index is 12.1.